The minimum atomic E-state index is -0.479. The van der Waals surface area contributed by atoms with Crippen molar-refractivity contribution < 1.29 is 13.9 Å². The second kappa shape index (κ2) is 5.27. The molecular weight excluding hydrogens is 255 g/mol. The van der Waals surface area contributed by atoms with Crippen LogP contribution in [0.5, 0.6) is 11.5 Å². The zero-order valence-corrected chi connectivity index (χ0v) is 10.7. The minimum Gasteiger partial charge on any atom is -0.497 e. The highest BCUT2D eigenvalue weighted by Gasteiger charge is 2.10. The molecule has 0 bridgehead atoms. The van der Waals surface area contributed by atoms with Gasteiger partial charge in [0, 0.05) is 11.6 Å². The van der Waals surface area contributed by atoms with Crippen molar-refractivity contribution in [1.82, 2.24) is 0 Å². The van der Waals surface area contributed by atoms with E-state index in [1.165, 1.54) is 12.1 Å². The molecule has 0 aliphatic heterocycles. The molecule has 2 nitrogen and oxygen atoms in total. The van der Waals surface area contributed by atoms with Gasteiger partial charge in [0.15, 0.2) is 0 Å². The number of benzene rings is 2. The van der Waals surface area contributed by atoms with Gasteiger partial charge < -0.3 is 9.47 Å². The predicted octanol–water partition coefficient (Wildman–Crippen LogP) is 3.96. The van der Waals surface area contributed by atoms with Crippen LogP contribution in [-0.2, 0) is 0 Å². The molecule has 93 valence electrons. The summed E-state index contributed by atoms with van der Waals surface area (Å²) in [6, 6.07) is 10.9. The van der Waals surface area contributed by atoms with E-state index in [0.29, 0.717) is 22.6 Å². The first-order valence-electron chi connectivity index (χ1n) is 5.25. The topological polar surface area (TPSA) is 18.5 Å². The third-order valence-electron chi connectivity index (χ3n) is 2.53. The summed E-state index contributed by atoms with van der Waals surface area (Å²) >= 11 is 5.93. The first-order chi connectivity index (χ1) is 8.65. The highest BCUT2D eigenvalue weighted by atomic mass is 35.5. The fourth-order valence-electron chi connectivity index (χ4n) is 1.62. The fourth-order valence-corrected chi connectivity index (χ4v) is 1.84. The molecule has 18 heavy (non-hydrogen) atoms. The Labute approximate surface area is 110 Å². The SMILES string of the molecule is COc1cc(OC)cc(-c2[c]ccc(F)c2Cl)c1. The molecule has 0 unspecified atom stereocenters. The van der Waals surface area contributed by atoms with Crippen LogP contribution in [-0.4, -0.2) is 14.2 Å². The lowest BCUT2D eigenvalue weighted by atomic mass is 10.0. The van der Waals surface area contributed by atoms with Gasteiger partial charge in [-0.25, -0.2) is 4.39 Å². The Morgan fingerprint density at radius 3 is 2.28 bits per heavy atom. The lowest BCUT2D eigenvalue weighted by Crippen LogP contribution is -1.90. The highest BCUT2D eigenvalue weighted by Crippen LogP contribution is 2.34. The molecule has 2 aromatic rings. The summed E-state index contributed by atoms with van der Waals surface area (Å²) in [4.78, 5) is 0. The quantitative estimate of drug-likeness (QED) is 0.836. The number of methoxy groups -OCH3 is 2. The van der Waals surface area contributed by atoms with Crippen molar-refractivity contribution in [3.63, 3.8) is 0 Å². The van der Waals surface area contributed by atoms with Gasteiger partial charge >= 0.3 is 0 Å². The summed E-state index contributed by atoms with van der Waals surface area (Å²) in [6.07, 6.45) is 0. The molecule has 0 aliphatic rings. The van der Waals surface area contributed by atoms with Crippen molar-refractivity contribution in [3.8, 4) is 22.6 Å². The summed E-state index contributed by atoms with van der Waals surface area (Å²) in [5.74, 6) is 0.739. The molecule has 0 aliphatic carbocycles. The normalized spacial score (nSPS) is 10.2. The van der Waals surface area contributed by atoms with Crippen LogP contribution in [0.15, 0.2) is 30.3 Å². The summed E-state index contributed by atoms with van der Waals surface area (Å²) in [6.45, 7) is 0. The molecule has 0 atom stereocenters. The van der Waals surface area contributed by atoms with Gasteiger partial charge in [0.25, 0.3) is 0 Å². The fraction of sp³-hybridized carbons (Fsp3) is 0.143. The molecule has 0 spiro atoms. The maximum Gasteiger partial charge on any atom is 0.142 e. The van der Waals surface area contributed by atoms with Crippen molar-refractivity contribution in [1.29, 1.82) is 0 Å². The first kappa shape index (κ1) is 12.7. The number of halogens is 2. The maximum atomic E-state index is 13.4. The summed E-state index contributed by atoms with van der Waals surface area (Å²) in [7, 11) is 3.10. The first-order valence-corrected chi connectivity index (χ1v) is 5.62. The van der Waals surface area contributed by atoms with E-state index in [2.05, 4.69) is 6.07 Å². The average molecular weight is 266 g/mol. The van der Waals surface area contributed by atoms with E-state index in [-0.39, 0.29) is 5.02 Å². The molecular formula is C14H11ClFO2. The molecule has 0 amide bonds. The van der Waals surface area contributed by atoms with E-state index in [9.17, 15) is 4.39 Å². The van der Waals surface area contributed by atoms with Gasteiger partial charge in [-0.15, -0.1) is 0 Å². The van der Waals surface area contributed by atoms with E-state index in [0.717, 1.165) is 0 Å². The second-order valence-electron chi connectivity index (χ2n) is 3.62. The van der Waals surface area contributed by atoms with E-state index >= 15 is 0 Å². The molecule has 0 heterocycles. The van der Waals surface area contributed by atoms with Crippen LogP contribution in [0.25, 0.3) is 11.1 Å². The zero-order chi connectivity index (χ0) is 13.1. The van der Waals surface area contributed by atoms with Gasteiger partial charge in [-0.1, -0.05) is 17.7 Å². The van der Waals surface area contributed by atoms with Crippen molar-refractivity contribution in [2.24, 2.45) is 0 Å². The molecule has 4 heteroatoms. The summed E-state index contributed by atoms with van der Waals surface area (Å²) < 4.78 is 23.7. The highest BCUT2D eigenvalue weighted by molar-refractivity contribution is 6.33. The molecule has 0 aromatic heterocycles. The third-order valence-corrected chi connectivity index (χ3v) is 2.90. The number of rotatable bonds is 3. The maximum absolute atomic E-state index is 13.4. The van der Waals surface area contributed by atoms with Crippen molar-refractivity contribution in [2.75, 3.05) is 14.2 Å². The molecule has 0 saturated carbocycles. The second-order valence-corrected chi connectivity index (χ2v) is 3.99. The lowest BCUT2D eigenvalue weighted by molar-refractivity contribution is 0.394. The summed E-state index contributed by atoms with van der Waals surface area (Å²) in [5.41, 5.74) is 1.17. The molecule has 1 radical (unpaired) electrons. The standard InChI is InChI=1S/C14H11ClFO2/c1-17-10-6-9(7-11(8-10)18-2)12-4-3-5-13(16)14(12)15/h3,5-8H,1-2H3. The van der Waals surface area contributed by atoms with E-state index in [1.54, 1.807) is 32.4 Å². The van der Waals surface area contributed by atoms with Crippen LogP contribution in [0.1, 0.15) is 0 Å². The lowest BCUT2D eigenvalue weighted by Gasteiger charge is -2.09. The van der Waals surface area contributed by atoms with E-state index in [4.69, 9.17) is 21.1 Å². The Kier molecular flexibility index (Phi) is 3.72. The van der Waals surface area contributed by atoms with Crippen molar-refractivity contribution in [2.45, 2.75) is 0 Å². The van der Waals surface area contributed by atoms with E-state index < -0.39 is 5.82 Å². The molecule has 0 saturated heterocycles. The third kappa shape index (κ3) is 2.41. The molecule has 0 N–H and O–H groups in total. The number of ether oxygens (including phenoxy) is 2. The van der Waals surface area contributed by atoms with Gasteiger partial charge in [0.05, 0.1) is 19.2 Å². The number of hydrogen-bond donors (Lipinski definition) is 0. The zero-order valence-electron chi connectivity index (χ0n) is 9.96. The van der Waals surface area contributed by atoms with Crippen molar-refractivity contribution >= 4 is 11.6 Å². The van der Waals surface area contributed by atoms with Crippen LogP contribution in [0, 0.1) is 11.9 Å². The van der Waals surface area contributed by atoms with Crippen molar-refractivity contribution in [3.05, 3.63) is 47.2 Å². The molecule has 2 aromatic carbocycles. The van der Waals surface area contributed by atoms with Gasteiger partial charge in [-0.3, -0.25) is 0 Å². The monoisotopic (exact) mass is 265 g/mol. The van der Waals surface area contributed by atoms with Crippen LogP contribution >= 0.6 is 11.6 Å². The predicted molar refractivity (Wildman–Crippen MR) is 68.8 cm³/mol. The Morgan fingerprint density at radius 1 is 1.11 bits per heavy atom. The Hall–Kier alpha value is -1.74. The summed E-state index contributed by atoms with van der Waals surface area (Å²) in [5, 5.41) is 0.0350. The van der Waals surface area contributed by atoms with Gasteiger partial charge in [0.1, 0.15) is 17.3 Å². The van der Waals surface area contributed by atoms with Crippen LogP contribution in [0.3, 0.4) is 0 Å². The largest absolute Gasteiger partial charge is 0.497 e. The Bertz CT molecular complexity index is 547. The molecule has 0 fully saturated rings. The Morgan fingerprint density at radius 2 is 1.72 bits per heavy atom. The number of hydrogen-bond acceptors (Lipinski definition) is 2. The van der Waals surface area contributed by atoms with Crippen LogP contribution < -0.4 is 9.47 Å². The minimum absolute atomic E-state index is 0.0350. The Balaban J connectivity index is 2.59. The average Bonchev–Trinajstić information content (AvgIpc) is 2.41. The van der Waals surface area contributed by atoms with Gasteiger partial charge in [-0.05, 0) is 29.8 Å². The smallest absolute Gasteiger partial charge is 0.142 e. The van der Waals surface area contributed by atoms with Crippen LogP contribution in [0.2, 0.25) is 5.02 Å². The van der Waals surface area contributed by atoms with E-state index in [1.807, 2.05) is 0 Å². The van der Waals surface area contributed by atoms with Crippen LogP contribution in [0.4, 0.5) is 4.39 Å². The van der Waals surface area contributed by atoms with Gasteiger partial charge in [-0.2, -0.15) is 0 Å². The van der Waals surface area contributed by atoms with Gasteiger partial charge in [0.2, 0.25) is 0 Å². The molecule has 2 rings (SSSR count).